The predicted octanol–water partition coefficient (Wildman–Crippen LogP) is 0.00960. The van der Waals surface area contributed by atoms with Crippen LogP contribution in [0.3, 0.4) is 0 Å². The van der Waals surface area contributed by atoms with Gasteiger partial charge in [0, 0.05) is 27.3 Å². The summed E-state index contributed by atoms with van der Waals surface area (Å²) in [5.74, 6) is 0.380. The van der Waals surface area contributed by atoms with E-state index in [1.54, 1.807) is 14.2 Å². The van der Waals surface area contributed by atoms with Crippen LogP contribution in [0.1, 0.15) is 13.8 Å². The maximum absolute atomic E-state index is 11.4. The highest BCUT2D eigenvalue weighted by molar-refractivity contribution is 5.77. The fraction of sp³-hybridized carbons (Fsp3) is 0.909. The lowest BCUT2D eigenvalue weighted by atomic mass is 10.1. The summed E-state index contributed by atoms with van der Waals surface area (Å²) >= 11 is 0. The maximum Gasteiger partial charge on any atom is 0.234 e. The van der Waals surface area contributed by atoms with Gasteiger partial charge < -0.3 is 20.1 Å². The predicted molar refractivity (Wildman–Crippen MR) is 63.4 cm³/mol. The number of hydrogen-bond donors (Lipinski definition) is 2. The summed E-state index contributed by atoms with van der Waals surface area (Å²) in [4.78, 5) is 11.4. The van der Waals surface area contributed by atoms with Crippen LogP contribution in [0.4, 0.5) is 0 Å². The Labute approximate surface area is 97.9 Å². The molecule has 2 N–H and O–H groups in total. The quantitative estimate of drug-likeness (QED) is 0.550. The average molecular weight is 232 g/mol. The van der Waals surface area contributed by atoms with Crippen LogP contribution in [0.5, 0.6) is 0 Å². The fourth-order valence-corrected chi connectivity index (χ4v) is 1.24. The minimum absolute atomic E-state index is 0.0150. The molecule has 0 fully saturated rings. The number of carbonyl (C=O) groups excluding carboxylic acids is 1. The Balaban J connectivity index is 3.55. The zero-order valence-electron chi connectivity index (χ0n) is 10.7. The summed E-state index contributed by atoms with van der Waals surface area (Å²) < 4.78 is 10.1. The third-order valence-corrected chi connectivity index (χ3v) is 2.32. The molecule has 0 saturated heterocycles. The van der Waals surface area contributed by atoms with E-state index < -0.39 is 0 Å². The molecule has 0 aromatic rings. The summed E-state index contributed by atoms with van der Waals surface area (Å²) in [6.45, 7) is 6.30. The summed E-state index contributed by atoms with van der Waals surface area (Å²) in [6.07, 6.45) is 0.0722. The molecule has 1 atom stereocenters. The second-order valence-corrected chi connectivity index (χ2v) is 3.99. The molecule has 0 aliphatic heterocycles. The molecule has 0 aromatic carbocycles. The molecule has 5 nitrogen and oxygen atoms in total. The molecule has 1 unspecified atom stereocenters. The Morgan fingerprint density at radius 2 is 2.00 bits per heavy atom. The van der Waals surface area contributed by atoms with Crippen LogP contribution in [-0.2, 0) is 14.3 Å². The second-order valence-electron chi connectivity index (χ2n) is 3.99. The van der Waals surface area contributed by atoms with E-state index in [2.05, 4.69) is 24.5 Å². The first-order chi connectivity index (χ1) is 7.61. The molecule has 5 heteroatoms. The largest absolute Gasteiger partial charge is 0.383 e. The Hall–Kier alpha value is -0.650. The van der Waals surface area contributed by atoms with E-state index in [0.717, 1.165) is 0 Å². The van der Waals surface area contributed by atoms with E-state index >= 15 is 0 Å². The number of amides is 1. The third-order valence-electron chi connectivity index (χ3n) is 2.32. The Kier molecular flexibility index (Phi) is 9.18. The van der Waals surface area contributed by atoms with Crippen molar-refractivity contribution in [1.29, 1.82) is 0 Å². The lowest BCUT2D eigenvalue weighted by Gasteiger charge is -2.19. The lowest BCUT2D eigenvalue weighted by Crippen LogP contribution is -2.40. The van der Waals surface area contributed by atoms with Crippen molar-refractivity contribution in [3.63, 3.8) is 0 Å². The monoisotopic (exact) mass is 232 g/mol. The number of rotatable bonds is 9. The van der Waals surface area contributed by atoms with Crippen molar-refractivity contribution in [3.8, 4) is 0 Å². The Morgan fingerprint density at radius 1 is 1.31 bits per heavy atom. The van der Waals surface area contributed by atoms with E-state index in [1.165, 1.54) is 0 Å². The Bertz CT molecular complexity index is 186. The van der Waals surface area contributed by atoms with E-state index in [-0.39, 0.29) is 12.0 Å². The average Bonchev–Trinajstić information content (AvgIpc) is 2.25. The summed E-state index contributed by atoms with van der Waals surface area (Å²) in [5, 5.41) is 5.80. The van der Waals surface area contributed by atoms with E-state index in [1.807, 2.05) is 0 Å². The highest BCUT2D eigenvalue weighted by Crippen LogP contribution is 2.03. The van der Waals surface area contributed by atoms with Gasteiger partial charge in [-0.2, -0.15) is 0 Å². The van der Waals surface area contributed by atoms with Gasteiger partial charge in [-0.15, -0.1) is 0 Å². The van der Waals surface area contributed by atoms with Crippen LogP contribution in [0.2, 0.25) is 0 Å². The number of carbonyl (C=O) groups is 1. The van der Waals surface area contributed by atoms with Crippen LogP contribution in [-0.4, -0.2) is 52.5 Å². The van der Waals surface area contributed by atoms with Gasteiger partial charge in [-0.3, -0.25) is 4.79 Å². The second kappa shape index (κ2) is 9.57. The van der Waals surface area contributed by atoms with Crippen molar-refractivity contribution in [1.82, 2.24) is 10.6 Å². The first-order valence-electron chi connectivity index (χ1n) is 5.61. The first-order valence-corrected chi connectivity index (χ1v) is 5.61. The van der Waals surface area contributed by atoms with Crippen LogP contribution in [0.15, 0.2) is 0 Å². The molecule has 96 valence electrons. The molecular formula is C11H24N2O3. The van der Waals surface area contributed by atoms with Gasteiger partial charge in [0.25, 0.3) is 0 Å². The number of nitrogens with one attached hydrogen (secondary N) is 2. The molecule has 0 rings (SSSR count). The van der Waals surface area contributed by atoms with Crippen LogP contribution in [0, 0.1) is 5.92 Å². The highest BCUT2D eigenvalue weighted by Gasteiger charge is 2.12. The molecule has 0 aliphatic carbocycles. The zero-order valence-corrected chi connectivity index (χ0v) is 10.7. The molecule has 0 bridgehead atoms. The van der Waals surface area contributed by atoms with Crippen molar-refractivity contribution >= 4 is 5.91 Å². The van der Waals surface area contributed by atoms with Gasteiger partial charge in [0.05, 0.1) is 19.3 Å². The molecular weight excluding hydrogens is 208 g/mol. The first kappa shape index (κ1) is 15.3. The van der Waals surface area contributed by atoms with Crippen molar-refractivity contribution in [2.24, 2.45) is 5.92 Å². The third kappa shape index (κ3) is 7.62. The minimum Gasteiger partial charge on any atom is -0.383 e. The standard InChI is InChI=1S/C11H24N2O3/c1-9(2)10(16-4)7-13-11(14)8-12-5-6-15-3/h9-10,12H,5-8H2,1-4H3,(H,13,14). The molecule has 0 radical (unpaired) electrons. The van der Waals surface area contributed by atoms with Gasteiger partial charge in [0.2, 0.25) is 5.91 Å². The smallest absolute Gasteiger partial charge is 0.234 e. The minimum atomic E-state index is -0.0150. The van der Waals surface area contributed by atoms with Gasteiger partial charge in [-0.05, 0) is 5.92 Å². The summed E-state index contributed by atoms with van der Waals surface area (Å²) in [6, 6.07) is 0. The van der Waals surface area contributed by atoms with Gasteiger partial charge in [0.15, 0.2) is 0 Å². The van der Waals surface area contributed by atoms with E-state index in [9.17, 15) is 4.79 Å². The number of methoxy groups -OCH3 is 2. The fourth-order valence-electron chi connectivity index (χ4n) is 1.24. The van der Waals surface area contributed by atoms with Gasteiger partial charge in [0.1, 0.15) is 0 Å². The molecule has 0 aromatic heterocycles. The van der Waals surface area contributed by atoms with Crippen molar-refractivity contribution < 1.29 is 14.3 Å². The van der Waals surface area contributed by atoms with Gasteiger partial charge >= 0.3 is 0 Å². The van der Waals surface area contributed by atoms with Crippen molar-refractivity contribution in [2.45, 2.75) is 20.0 Å². The van der Waals surface area contributed by atoms with Crippen LogP contribution in [0.25, 0.3) is 0 Å². The topological polar surface area (TPSA) is 59.6 Å². The maximum atomic E-state index is 11.4. The molecule has 0 saturated carbocycles. The molecule has 0 heterocycles. The highest BCUT2D eigenvalue weighted by atomic mass is 16.5. The molecule has 16 heavy (non-hydrogen) atoms. The molecule has 0 spiro atoms. The van der Waals surface area contributed by atoms with Crippen LogP contribution >= 0.6 is 0 Å². The van der Waals surface area contributed by atoms with Crippen molar-refractivity contribution in [2.75, 3.05) is 40.5 Å². The zero-order chi connectivity index (χ0) is 12.4. The molecule has 0 aliphatic rings. The summed E-state index contributed by atoms with van der Waals surface area (Å²) in [5.41, 5.74) is 0. The van der Waals surface area contributed by atoms with Gasteiger partial charge in [-0.1, -0.05) is 13.8 Å². The Morgan fingerprint density at radius 3 is 2.50 bits per heavy atom. The SMILES string of the molecule is COCCNCC(=O)NCC(OC)C(C)C. The van der Waals surface area contributed by atoms with Crippen LogP contribution < -0.4 is 10.6 Å². The normalized spacial score (nSPS) is 12.8. The number of ether oxygens (including phenoxy) is 2. The lowest BCUT2D eigenvalue weighted by molar-refractivity contribution is -0.121. The van der Waals surface area contributed by atoms with E-state index in [4.69, 9.17) is 9.47 Å². The van der Waals surface area contributed by atoms with E-state index in [0.29, 0.717) is 32.2 Å². The number of hydrogen-bond acceptors (Lipinski definition) is 4. The van der Waals surface area contributed by atoms with Crippen molar-refractivity contribution in [3.05, 3.63) is 0 Å². The van der Waals surface area contributed by atoms with Gasteiger partial charge in [-0.25, -0.2) is 0 Å². The molecule has 1 amide bonds. The summed E-state index contributed by atoms with van der Waals surface area (Å²) in [7, 11) is 3.29.